The van der Waals surface area contributed by atoms with Gasteiger partial charge in [-0.2, -0.15) is 10.2 Å². The van der Waals surface area contributed by atoms with Crippen LogP contribution in [0.3, 0.4) is 0 Å². The van der Waals surface area contributed by atoms with E-state index >= 15 is 0 Å². The lowest BCUT2D eigenvalue weighted by Crippen LogP contribution is -2.16. The zero-order chi connectivity index (χ0) is 24.5. The van der Waals surface area contributed by atoms with Crippen LogP contribution in [0.5, 0.6) is 0 Å². The summed E-state index contributed by atoms with van der Waals surface area (Å²) in [7, 11) is 3.68. The minimum Gasteiger partial charge on any atom is -0.394 e. The Morgan fingerprint density at radius 2 is 1.88 bits per heavy atom. The molecule has 1 unspecified atom stereocenters. The highest BCUT2D eigenvalue weighted by Gasteiger charge is 2.17. The molecule has 0 saturated heterocycles. The first kappa shape index (κ1) is 28.9. The van der Waals surface area contributed by atoms with Crippen LogP contribution >= 0.6 is 0 Å². The molecule has 0 radical (unpaired) electrons. The van der Waals surface area contributed by atoms with Gasteiger partial charge in [0.1, 0.15) is 6.29 Å². The number of benzene rings is 1. The molecule has 1 aromatic heterocycles. The second-order valence-corrected chi connectivity index (χ2v) is 7.35. The first-order valence-electron chi connectivity index (χ1n) is 11.2. The fourth-order valence-corrected chi connectivity index (χ4v) is 3.01. The highest BCUT2D eigenvalue weighted by Crippen LogP contribution is 2.24. The monoisotopic (exact) mass is 439 g/mol. The third-order valence-electron chi connectivity index (χ3n) is 4.78. The molecule has 0 aliphatic heterocycles. The Balaban J connectivity index is 0.00000144. The Bertz CT molecular complexity index is 820. The standard InChI is InChI=1S/C21H28N4O.C3H7N.C2H6/c1-6-20(15(2)3)18(14-26)11-21(17-9-7-16(4)8-10-17)24-25(5)19-12-22-23-13-19;1-3-4-2;1-2/h7-15,20H,6H2,1-5H3,(H,22,23);3-4H,1H2,2H3;1-2H3/b18-11+,24-21+;;. The fourth-order valence-electron chi connectivity index (χ4n) is 3.01. The third kappa shape index (κ3) is 9.77. The van der Waals surface area contributed by atoms with Crippen molar-refractivity contribution in [3.8, 4) is 0 Å². The molecule has 2 rings (SSSR count). The maximum Gasteiger partial charge on any atom is 0.146 e. The Morgan fingerprint density at radius 1 is 1.28 bits per heavy atom. The maximum atomic E-state index is 11.8. The number of H-pyrrole nitrogens is 1. The summed E-state index contributed by atoms with van der Waals surface area (Å²) in [6.45, 7) is 15.8. The average Bonchev–Trinajstić information content (AvgIpc) is 3.35. The molecule has 0 spiro atoms. The summed E-state index contributed by atoms with van der Waals surface area (Å²) in [6.07, 6.45) is 8.92. The number of anilines is 1. The molecule has 0 amide bonds. The van der Waals surface area contributed by atoms with E-state index in [9.17, 15) is 4.79 Å². The molecule has 1 atom stereocenters. The topological polar surface area (TPSA) is 73.4 Å². The van der Waals surface area contributed by atoms with Crippen LogP contribution in [-0.4, -0.2) is 36.3 Å². The SMILES string of the molecule is C=CNC.CC.CCC(/C(C=O)=C/C(=N\N(C)c1cn[nH]c1)c1ccc(C)cc1)C(C)C. The second kappa shape index (κ2) is 16.5. The zero-order valence-electron chi connectivity index (χ0n) is 21.0. The number of aryl methyl sites for hydroxylation is 1. The van der Waals surface area contributed by atoms with Crippen molar-refractivity contribution in [2.24, 2.45) is 16.9 Å². The highest BCUT2D eigenvalue weighted by molar-refractivity contribution is 6.11. The van der Waals surface area contributed by atoms with Crippen molar-refractivity contribution < 1.29 is 4.79 Å². The van der Waals surface area contributed by atoms with E-state index in [1.165, 1.54) is 5.56 Å². The number of allylic oxidation sites excluding steroid dienone is 2. The molecule has 6 heteroatoms. The summed E-state index contributed by atoms with van der Waals surface area (Å²) in [5.74, 6) is 0.602. The van der Waals surface area contributed by atoms with Crippen LogP contribution in [-0.2, 0) is 4.79 Å². The van der Waals surface area contributed by atoms with Gasteiger partial charge < -0.3 is 5.32 Å². The van der Waals surface area contributed by atoms with Crippen LogP contribution in [0, 0.1) is 18.8 Å². The van der Waals surface area contributed by atoms with Gasteiger partial charge in [0.25, 0.3) is 0 Å². The lowest BCUT2D eigenvalue weighted by Gasteiger charge is -2.20. The Morgan fingerprint density at radius 3 is 2.28 bits per heavy atom. The number of nitrogens with zero attached hydrogens (tertiary/aromatic N) is 3. The lowest BCUT2D eigenvalue weighted by atomic mass is 9.85. The number of carbonyl (C=O) groups is 1. The Kier molecular flexibility index (Phi) is 14.9. The van der Waals surface area contributed by atoms with E-state index in [0.29, 0.717) is 5.92 Å². The quantitative estimate of drug-likeness (QED) is 0.226. The minimum atomic E-state index is 0.211. The number of hydrazone groups is 1. The summed E-state index contributed by atoms with van der Waals surface area (Å²) >= 11 is 0. The molecule has 0 aliphatic rings. The maximum absolute atomic E-state index is 11.8. The van der Waals surface area contributed by atoms with Crippen molar-refractivity contribution in [1.82, 2.24) is 15.5 Å². The van der Waals surface area contributed by atoms with Crippen LogP contribution in [0.1, 0.15) is 52.2 Å². The second-order valence-electron chi connectivity index (χ2n) is 7.35. The predicted octanol–water partition coefficient (Wildman–Crippen LogP) is 5.74. The molecular formula is C26H41N5O. The van der Waals surface area contributed by atoms with E-state index in [0.717, 1.165) is 35.2 Å². The van der Waals surface area contributed by atoms with Crippen molar-refractivity contribution in [3.63, 3.8) is 0 Å². The van der Waals surface area contributed by atoms with Gasteiger partial charge in [-0.05, 0) is 43.0 Å². The predicted molar refractivity (Wildman–Crippen MR) is 138 cm³/mol. The first-order chi connectivity index (χ1) is 15.4. The Labute approximate surface area is 194 Å². The van der Waals surface area contributed by atoms with E-state index in [-0.39, 0.29) is 5.92 Å². The minimum absolute atomic E-state index is 0.211. The van der Waals surface area contributed by atoms with Gasteiger partial charge in [-0.25, -0.2) is 0 Å². The van der Waals surface area contributed by atoms with Crippen molar-refractivity contribution in [2.75, 3.05) is 19.1 Å². The molecular weight excluding hydrogens is 398 g/mol. The molecule has 0 aliphatic carbocycles. The molecule has 0 saturated carbocycles. The average molecular weight is 440 g/mol. The van der Waals surface area contributed by atoms with Crippen molar-refractivity contribution >= 4 is 17.7 Å². The summed E-state index contributed by atoms with van der Waals surface area (Å²) in [5, 5.41) is 16.0. The smallest absolute Gasteiger partial charge is 0.146 e. The van der Waals surface area contributed by atoms with Crippen LogP contribution in [0.25, 0.3) is 0 Å². The molecule has 176 valence electrons. The molecule has 1 heterocycles. The number of carbonyl (C=O) groups excluding carboxylic acids is 1. The number of aromatic nitrogens is 2. The number of hydrogen-bond acceptors (Lipinski definition) is 5. The number of nitrogens with one attached hydrogen (secondary N) is 2. The molecule has 0 bridgehead atoms. The van der Waals surface area contributed by atoms with Gasteiger partial charge in [-0.15, -0.1) is 0 Å². The van der Waals surface area contributed by atoms with Gasteiger partial charge in [0.05, 0.1) is 17.6 Å². The zero-order valence-corrected chi connectivity index (χ0v) is 21.0. The van der Waals surface area contributed by atoms with Crippen molar-refractivity contribution in [3.05, 3.63) is 72.2 Å². The summed E-state index contributed by atoms with van der Waals surface area (Å²) < 4.78 is 0. The summed E-state index contributed by atoms with van der Waals surface area (Å²) in [4.78, 5) is 11.8. The molecule has 1 aromatic carbocycles. The normalized spacial score (nSPS) is 12.0. The van der Waals surface area contributed by atoms with Gasteiger partial charge in [-0.1, -0.05) is 71.0 Å². The van der Waals surface area contributed by atoms with Crippen LogP contribution in [0.4, 0.5) is 5.69 Å². The van der Waals surface area contributed by atoms with E-state index < -0.39 is 0 Å². The molecule has 6 nitrogen and oxygen atoms in total. The largest absolute Gasteiger partial charge is 0.394 e. The fraction of sp³-hybridized carbons (Fsp3) is 0.423. The number of aldehydes is 1. The van der Waals surface area contributed by atoms with Gasteiger partial charge in [-0.3, -0.25) is 14.9 Å². The van der Waals surface area contributed by atoms with Gasteiger partial charge >= 0.3 is 0 Å². The van der Waals surface area contributed by atoms with Crippen molar-refractivity contribution in [2.45, 2.75) is 48.0 Å². The third-order valence-corrected chi connectivity index (χ3v) is 4.78. The molecule has 2 N–H and O–H groups in total. The summed E-state index contributed by atoms with van der Waals surface area (Å²) in [5.41, 5.74) is 4.55. The lowest BCUT2D eigenvalue weighted by molar-refractivity contribution is -0.105. The van der Waals surface area contributed by atoms with Gasteiger partial charge in [0.2, 0.25) is 0 Å². The highest BCUT2D eigenvalue weighted by atomic mass is 16.1. The number of hydrogen-bond donors (Lipinski definition) is 2. The van der Waals surface area contributed by atoms with Crippen LogP contribution < -0.4 is 10.3 Å². The number of aromatic amines is 1. The number of rotatable bonds is 9. The van der Waals surface area contributed by atoms with Crippen LogP contribution in [0.2, 0.25) is 0 Å². The van der Waals surface area contributed by atoms with Crippen LogP contribution in [0.15, 0.2) is 66.2 Å². The Hall–Kier alpha value is -3.15. The first-order valence-corrected chi connectivity index (χ1v) is 11.2. The summed E-state index contributed by atoms with van der Waals surface area (Å²) in [6, 6.07) is 8.17. The van der Waals surface area contributed by atoms with Gasteiger partial charge in [0, 0.05) is 25.9 Å². The van der Waals surface area contributed by atoms with Crippen molar-refractivity contribution in [1.29, 1.82) is 0 Å². The molecule has 0 fully saturated rings. The van der Waals surface area contributed by atoms with E-state index in [1.54, 1.807) is 23.6 Å². The van der Waals surface area contributed by atoms with Gasteiger partial charge in [0.15, 0.2) is 0 Å². The molecule has 2 aromatic rings. The van der Waals surface area contributed by atoms with E-state index in [2.05, 4.69) is 61.9 Å². The van der Waals surface area contributed by atoms with E-state index in [1.807, 2.05) is 46.2 Å². The van der Waals surface area contributed by atoms with E-state index in [4.69, 9.17) is 5.10 Å². The molecule has 32 heavy (non-hydrogen) atoms.